The Morgan fingerprint density at radius 1 is 1.10 bits per heavy atom. The number of hydrogen-bond donors (Lipinski definition) is 1. The van der Waals surface area contributed by atoms with E-state index in [1.54, 1.807) is 8.61 Å². The smallest absolute Gasteiger partial charge is 0.282 e. The standard InChI is InChI=1S/C14H30N4O2S/c1-3-6-15-12-14-5-4-7-18(13-14)21(19,20)17-10-8-16(2)9-11-17/h14-15H,3-13H2,1-2H3. The molecule has 2 heterocycles. The molecular weight excluding hydrogens is 288 g/mol. The van der Waals surface area contributed by atoms with Crippen molar-refractivity contribution in [1.82, 2.24) is 18.8 Å². The molecule has 0 aromatic rings. The fourth-order valence-electron chi connectivity index (χ4n) is 3.07. The number of rotatable bonds is 6. The molecule has 1 N–H and O–H groups in total. The lowest BCUT2D eigenvalue weighted by Gasteiger charge is -2.38. The summed E-state index contributed by atoms with van der Waals surface area (Å²) in [5.41, 5.74) is 0. The Balaban J connectivity index is 1.90. The molecule has 0 spiro atoms. The van der Waals surface area contributed by atoms with Crippen LogP contribution in [0.1, 0.15) is 26.2 Å². The summed E-state index contributed by atoms with van der Waals surface area (Å²) in [5.74, 6) is 0.451. The third-order valence-corrected chi connectivity index (χ3v) is 6.46. The molecule has 0 aromatic carbocycles. The maximum absolute atomic E-state index is 12.7. The Labute approximate surface area is 129 Å². The van der Waals surface area contributed by atoms with Crippen LogP contribution < -0.4 is 5.32 Å². The molecule has 1 atom stereocenters. The van der Waals surface area contributed by atoms with Crippen LogP contribution >= 0.6 is 0 Å². The minimum atomic E-state index is -3.26. The van der Waals surface area contributed by atoms with Gasteiger partial charge < -0.3 is 10.2 Å². The first-order valence-electron chi connectivity index (χ1n) is 8.18. The van der Waals surface area contributed by atoms with Gasteiger partial charge in [0.15, 0.2) is 0 Å². The minimum absolute atomic E-state index is 0.451. The van der Waals surface area contributed by atoms with E-state index in [1.165, 1.54) is 0 Å². The quantitative estimate of drug-likeness (QED) is 0.711. The molecule has 0 bridgehead atoms. The highest BCUT2D eigenvalue weighted by atomic mass is 32.2. The van der Waals surface area contributed by atoms with Crippen molar-refractivity contribution >= 4 is 10.2 Å². The van der Waals surface area contributed by atoms with Gasteiger partial charge in [0, 0.05) is 39.3 Å². The molecule has 0 aliphatic carbocycles. The highest BCUT2D eigenvalue weighted by Crippen LogP contribution is 2.21. The van der Waals surface area contributed by atoms with Gasteiger partial charge in [-0.05, 0) is 45.3 Å². The van der Waals surface area contributed by atoms with Crippen LogP contribution in [0.25, 0.3) is 0 Å². The van der Waals surface area contributed by atoms with Crippen molar-refractivity contribution in [2.75, 3.05) is 59.4 Å². The van der Waals surface area contributed by atoms with Crippen molar-refractivity contribution in [3.8, 4) is 0 Å². The first kappa shape index (κ1) is 17.1. The van der Waals surface area contributed by atoms with Gasteiger partial charge in [-0.15, -0.1) is 0 Å². The van der Waals surface area contributed by atoms with Gasteiger partial charge in [-0.3, -0.25) is 0 Å². The molecule has 124 valence electrons. The van der Waals surface area contributed by atoms with Crippen LogP contribution in [-0.4, -0.2) is 81.3 Å². The van der Waals surface area contributed by atoms with Crippen molar-refractivity contribution in [3.05, 3.63) is 0 Å². The van der Waals surface area contributed by atoms with Gasteiger partial charge in [0.25, 0.3) is 10.2 Å². The average Bonchev–Trinajstić information content (AvgIpc) is 2.48. The van der Waals surface area contributed by atoms with Crippen molar-refractivity contribution in [2.24, 2.45) is 5.92 Å². The van der Waals surface area contributed by atoms with Gasteiger partial charge in [0.05, 0.1) is 0 Å². The maximum atomic E-state index is 12.7. The molecule has 2 aliphatic rings. The van der Waals surface area contributed by atoms with Crippen LogP contribution in [-0.2, 0) is 10.2 Å². The van der Waals surface area contributed by atoms with Gasteiger partial charge >= 0.3 is 0 Å². The highest BCUT2D eigenvalue weighted by molar-refractivity contribution is 7.86. The summed E-state index contributed by atoms with van der Waals surface area (Å²) >= 11 is 0. The summed E-state index contributed by atoms with van der Waals surface area (Å²) in [5, 5.41) is 3.42. The van der Waals surface area contributed by atoms with Gasteiger partial charge in [0.2, 0.25) is 0 Å². The van der Waals surface area contributed by atoms with Crippen molar-refractivity contribution < 1.29 is 8.42 Å². The maximum Gasteiger partial charge on any atom is 0.282 e. The molecule has 6 nitrogen and oxygen atoms in total. The Morgan fingerprint density at radius 3 is 2.48 bits per heavy atom. The van der Waals surface area contributed by atoms with E-state index in [4.69, 9.17) is 0 Å². The van der Waals surface area contributed by atoms with Crippen LogP contribution in [0.3, 0.4) is 0 Å². The fourth-order valence-corrected chi connectivity index (χ4v) is 4.78. The van der Waals surface area contributed by atoms with Crippen LogP contribution in [0.15, 0.2) is 0 Å². The van der Waals surface area contributed by atoms with E-state index in [0.29, 0.717) is 32.1 Å². The van der Waals surface area contributed by atoms with Gasteiger partial charge in [-0.25, -0.2) is 0 Å². The number of piperidine rings is 1. The highest BCUT2D eigenvalue weighted by Gasteiger charge is 2.34. The van der Waals surface area contributed by atoms with Crippen LogP contribution in [0, 0.1) is 5.92 Å². The molecule has 2 rings (SSSR count). The zero-order valence-electron chi connectivity index (χ0n) is 13.4. The van der Waals surface area contributed by atoms with Crippen molar-refractivity contribution in [1.29, 1.82) is 0 Å². The van der Waals surface area contributed by atoms with Gasteiger partial charge in [-0.1, -0.05) is 6.92 Å². The minimum Gasteiger partial charge on any atom is -0.316 e. The average molecular weight is 318 g/mol. The van der Waals surface area contributed by atoms with Crippen LogP contribution in [0.4, 0.5) is 0 Å². The first-order chi connectivity index (χ1) is 10.0. The molecule has 2 aliphatic heterocycles. The zero-order valence-corrected chi connectivity index (χ0v) is 14.2. The normalized spacial score (nSPS) is 27.0. The molecule has 1 unspecified atom stereocenters. The van der Waals surface area contributed by atoms with Gasteiger partial charge in [-0.2, -0.15) is 17.0 Å². The third kappa shape index (κ3) is 4.63. The topological polar surface area (TPSA) is 55.9 Å². The number of piperazine rings is 1. The zero-order chi connectivity index (χ0) is 15.3. The van der Waals surface area contributed by atoms with E-state index in [2.05, 4.69) is 17.1 Å². The Bertz CT molecular complexity index is 407. The van der Waals surface area contributed by atoms with E-state index >= 15 is 0 Å². The predicted molar refractivity (Wildman–Crippen MR) is 85.4 cm³/mol. The molecular formula is C14H30N4O2S. The molecule has 0 radical (unpaired) electrons. The van der Waals surface area contributed by atoms with E-state index in [1.807, 2.05) is 7.05 Å². The fraction of sp³-hybridized carbons (Fsp3) is 1.00. The van der Waals surface area contributed by atoms with E-state index in [9.17, 15) is 8.42 Å². The summed E-state index contributed by atoms with van der Waals surface area (Å²) in [4.78, 5) is 2.18. The third-order valence-electron chi connectivity index (χ3n) is 4.46. The summed E-state index contributed by atoms with van der Waals surface area (Å²) in [7, 11) is -1.22. The van der Waals surface area contributed by atoms with Crippen molar-refractivity contribution in [2.45, 2.75) is 26.2 Å². The van der Waals surface area contributed by atoms with E-state index in [-0.39, 0.29) is 0 Å². The van der Waals surface area contributed by atoms with Crippen LogP contribution in [0.2, 0.25) is 0 Å². The van der Waals surface area contributed by atoms with E-state index < -0.39 is 10.2 Å². The molecule has 0 amide bonds. The predicted octanol–water partition coefficient (Wildman–Crippen LogP) is 0.190. The molecule has 0 saturated carbocycles. The second-order valence-corrected chi connectivity index (χ2v) is 8.21. The molecule has 2 saturated heterocycles. The Hall–Kier alpha value is -0.210. The molecule has 0 aromatic heterocycles. The monoisotopic (exact) mass is 318 g/mol. The summed E-state index contributed by atoms with van der Waals surface area (Å²) < 4.78 is 28.8. The summed E-state index contributed by atoms with van der Waals surface area (Å²) in [6.45, 7) is 8.35. The number of nitrogens with one attached hydrogen (secondary N) is 1. The van der Waals surface area contributed by atoms with Gasteiger partial charge in [0.1, 0.15) is 0 Å². The Kier molecular flexibility index (Phi) is 6.43. The molecule has 2 fully saturated rings. The van der Waals surface area contributed by atoms with Crippen LogP contribution in [0.5, 0.6) is 0 Å². The lowest BCUT2D eigenvalue weighted by molar-refractivity contribution is 0.197. The molecule has 7 heteroatoms. The lowest BCUT2D eigenvalue weighted by Crippen LogP contribution is -2.54. The Morgan fingerprint density at radius 2 is 1.81 bits per heavy atom. The number of hydrogen-bond acceptors (Lipinski definition) is 4. The largest absolute Gasteiger partial charge is 0.316 e. The first-order valence-corrected chi connectivity index (χ1v) is 9.58. The summed E-state index contributed by atoms with van der Waals surface area (Å²) in [6.07, 6.45) is 3.23. The second-order valence-electron chi connectivity index (χ2n) is 6.28. The second kappa shape index (κ2) is 7.87. The lowest BCUT2D eigenvalue weighted by atomic mass is 10.00. The SMILES string of the molecule is CCCNCC1CCCN(S(=O)(=O)N2CCN(C)CC2)C1. The number of likely N-dealkylation sites (N-methyl/N-ethyl adjacent to an activating group) is 1. The molecule has 21 heavy (non-hydrogen) atoms. The summed E-state index contributed by atoms with van der Waals surface area (Å²) in [6, 6.07) is 0. The van der Waals surface area contributed by atoms with E-state index in [0.717, 1.165) is 45.4 Å². The number of nitrogens with zero attached hydrogens (tertiary/aromatic N) is 3. The van der Waals surface area contributed by atoms with Crippen molar-refractivity contribution in [3.63, 3.8) is 0 Å².